The maximum absolute atomic E-state index is 10.6. The maximum atomic E-state index is 10.6. The first-order valence-electron chi connectivity index (χ1n) is 7.05. The molecule has 4 rings (SSSR count). The van der Waals surface area contributed by atoms with Crippen LogP contribution in [0.15, 0.2) is 30.3 Å². The highest BCUT2D eigenvalue weighted by molar-refractivity contribution is 6.31. The molecule has 2 N–H and O–H groups in total. The van der Waals surface area contributed by atoms with Crippen LogP contribution in [0.1, 0.15) is 26.3 Å². The van der Waals surface area contributed by atoms with Gasteiger partial charge in [-0.1, -0.05) is 32.4 Å². The van der Waals surface area contributed by atoms with E-state index in [-0.39, 0.29) is 16.9 Å². The highest BCUT2D eigenvalue weighted by Gasteiger charge is 2.29. The molecule has 2 aromatic carbocycles. The molecule has 0 unspecified atom stereocenters. The Morgan fingerprint density at radius 3 is 2.32 bits per heavy atom. The predicted octanol–water partition coefficient (Wildman–Crippen LogP) is 3.78. The second-order valence-corrected chi connectivity index (χ2v) is 7.05. The summed E-state index contributed by atoms with van der Waals surface area (Å²) in [5, 5.41) is 21.3. The van der Waals surface area contributed by atoms with Crippen LogP contribution in [-0.2, 0) is 5.41 Å². The number of phenols is 2. The Morgan fingerprint density at radius 2 is 1.64 bits per heavy atom. The summed E-state index contributed by atoms with van der Waals surface area (Å²) in [7, 11) is 0. The molecule has 0 aliphatic rings. The van der Waals surface area contributed by atoms with Crippen molar-refractivity contribution >= 4 is 22.6 Å². The van der Waals surface area contributed by atoms with Crippen molar-refractivity contribution in [3.8, 4) is 17.2 Å². The first-order valence-corrected chi connectivity index (χ1v) is 7.43. The molecule has 2 heterocycles. The molecule has 0 saturated carbocycles. The number of nitrogens with zero attached hydrogens (tertiary/aromatic N) is 3. The molecule has 4 aromatic rings. The molecule has 6 heteroatoms. The van der Waals surface area contributed by atoms with Crippen LogP contribution in [0, 0.1) is 0 Å². The molecular formula is C16H16ClN3O2. The van der Waals surface area contributed by atoms with Crippen LogP contribution >= 0.6 is 11.6 Å². The van der Waals surface area contributed by atoms with Gasteiger partial charge in [-0.2, -0.15) is 0 Å². The SMILES string of the molecule is CC(C)(C)c1cc(O)cc(-n2n3c4ccc(Cl)cc4n23)c1O. The Labute approximate surface area is 131 Å². The maximum Gasteiger partial charge on any atom is 0.147 e. The third kappa shape index (κ3) is 1.66. The van der Waals surface area contributed by atoms with Crippen LogP contribution in [-0.4, -0.2) is 24.3 Å². The lowest BCUT2D eigenvalue weighted by atomic mass is 9.86. The molecule has 0 radical (unpaired) electrons. The van der Waals surface area contributed by atoms with E-state index in [2.05, 4.69) is 0 Å². The number of aromatic hydroxyl groups is 2. The van der Waals surface area contributed by atoms with Crippen LogP contribution in [0.25, 0.3) is 16.7 Å². The topological polar surface area (TPSA) is 54.2 Å². The van der Waals surface area contributed by atoms with Gasteiger partial charge in [-0.3, -0.25) is 0 Å². The van der Waals surface area contributed by atoms with Crippen molar-refractivity contribution in [1.82, 2.24) is 14.1 Å². The molecule has 0 bridgehead atoms. The smallest absolute Gasteiger partial charge is 0.147 e. The minimum atomic E-state index is -0.270. The molecule has 114 valence electrons. The number of benzene rings is 2. The summed E-state index contributed by atoms with van der Waals surface area (Å²) in [6.07, 6.45) is 0. The lowest BCUT2D eigenvalue weighted by Crippen LogP contribution is -2.12. The van der Waals surface area contributed by atoms with Crippen molar-refractivity contribution in [2.75, 3.05) is 0 Å². The van der Waals surface area contributed by atoms with E-state index in [0.29, 0.717) is 16.3 Å². The molecule has 5 nitrogen and oxygen atoms in total. The van der Waals surface area contributed by atoms with E-state index in [4.69, 9.17) is 11.6 Å². The minimum Gasteiger partial charge on any atom is -0.508 e. The van der Waals surface area contributed by atoms with Gasteiger partial charge in [0.15, 0.2) is 0 Å². The van der Waals surface area contributed by atoms with Gasteiger partial charge >= 0.3 is 0 Å². The van der Waals surface area contributed by atoms with Gasteiger partial charge in [0.05, 0.1) is 0 Å². The van der Waals surface area contributed by atoms with Crippen molar-refractivity contribution in [2.45, 2.75) is 26.2 Å². The van der Waals surface area contributed by atoms with Crippen molar-refractivity contribution in [3.05, 3.63) is 40.9 Å². The van der Waals surface area contributed by atoms with Crippen LogP contribution in [0.3, 0.4) is 0 Å². The number of aromatic nitrogens is 3. The molecular weight excluding hydrogens is 302 g/mol. The van der Waals surface area contributed by atoms with Gasteiger partial charge in [-0.05, 0) is 29.7 Å². The van der Waals surface area contributed by atoms with Gasteiger partial charge in [0.1, 0.15) is 28.2 Å². The zero-order valence-corrected chi connectivity index (χ0v) is 13.3. The van der Waals surface area contributed by atoms with E-state index in [1.165, 1.54) is 0 Å². The van der Waals surface area contributed by atoms with E-state index in [9.17, 15) is 10.2 Å². The molecule has 22 heavy (non-hydrogen) atoms. The number of rotatable bonds is 1. The van der Waals surface area contributed by atoms with Crippen molar-refractivity contribution < 1.29 is 10.2 Å². The minimum absolute atomic E-state index is 0.133. The average Bonchev–Trinajstić information content (AvgIpc) is 3.07. The van der Waals surface area contributed by atoms with Gasteiger partial charge in [0.2, 0.25) is 0 Å². The molecule has 0 aliphatic heterocycles. The summed E-state index contributed by atoms with van der Waals surface area (Å²) < 4.78 is 3.80. The van der Waals surface area contributed by atoms with Crippen LogP contribution < -0.4 is 0 Å². The fraction of sp³-hybridized carbons (Fsp3) is 0.250. The zero-order chi connectivity index (χ0) is 15.8. The summed E-state index contributed by atoms with van der Waals surface area (Å²) >= 11 is 6.02. The number of hydrogen-bond acceptors (Lipinski definition) is 2. The zero-order valence-electron chi connectivity index (χ0n) is 12.5. The summed E-state index contributed by atoms with van der Waals surface area (Å²) in [6.45, 7) is 5.99. The molecule has 0 fully saturated rings. The van der Waals surface area contributed by atoms with Gasteiger partial charge < -0.3 is 10.2 Å². The molecule has 0 atom stereocenters. The molecule has 0 aliphatic carbocycles. The number of halogens is 1. The fourth-order valence-electron chi connectivity index (χ4n) is 2.85. The van der Waals surface area contributed by atoms with Crippen LogP contribution in [0.2, 0.25) is 5.02 Å². The van der Waals surface area contributed by atoms with Crippen LogP contribution in [0.5, 0.6) is 11.5 Å². The Morgan fingerprint density at radius 1 is 0.955 bits per heavy atom. The molecule has 0 saturated heterocycles. The largest absolute Gasteiger partial charge is 0.508 e. The van der Waals surface area contributed by atoms with Gasteiger partial charge in [-0.15, -0.1) is 14.1 Å². The summed E-state index contributed by atoms with van der Waals surface area (Å²) in [6, 6.07) is 8.80. The van der Waals surface area contributed by atoms with E-state index in [0.717, 1.165) is 11.0 Å². The third-order valence-corrected chi connectivity index (χ3v) is 4.21. The summed E-state index contributed by atoms with van der Waals surface area (Å²) in [5.74, 6) is 0.310. The van der Waals surface area contributed by atoms with E-state index < -0.39 is 0 Å². The van der Waals surface area contributed by atoms with Crippen molar-refractivity contribution in [2.24, 2.45) is 0 Å². The number of hydrogen-bond donors (Lipinski definition) is 2. The van der Waals surface area contributed by atoms with Crippen molar-refractivity contribution in [1.29, 1.82) is 0 Å². The standard InChI is InChI=1S/C16H16ClN3O2/c1-16(2,3)11-7-10(21)8-14(15(11)22)20-18-12-5-4-9(17)6-13(12)19(18)20/h4-8,21-22H,1-3H3. The summed E-state index contributed by atoms with van der Waals surface area (Å²) in [4.78, 5) is 1.81. The van der Waals surface area contributed by atoms with Gasteiger partial charge in [-0.25, -0.2) is 0 Å². The van der Waals surface area contributed by atoms with Gasteiger partial charge in [0.25, 0.3) is 0 Å². The Kier molecular flexibility index (Phi) is 2.39. The quantitative estimate of drug-likeness (QED) is 0.525. The van der Waals surface area contributed by atoms with Crippen LogP contribution in [0.4, 0.5) is 0 Å². The van der Waals surface area contributed by atoms with E-state index >= 15 is 0 Å². The Hall–Kier alpha value is -2.27. The fourth-order valence-corrected chi connectivity index (χ4v) is 3.02. The second kappa shape index (κ2) is 3.93. The normalized spacial score (nSPS) is 12.9. The molecule has 2 aromatic heterocycles. The molecule has 0 spiro atoms. The lowest BCUT2D eigenvalue weighted by molar-refractivity contribution is 0.432. The average molecular weight is 318 g/mol. The van der Waals surface area contributed by atoms with E-state index in [1.807, 2.05) is 53.0 Å². The predicted molar refractivity (Wildman–Crippen MR) is 85.9 cm³/mol. The molecule has 0 amide bonds. The van der Waals surface area contributed by atoms with Crippen molar-refractivity contribution in [3.63, 3.8) is 0 Å². The first-order chi connectivity index (χ1) is 10.3. The summed E-state index contributed by atoms with van der Waals surface area (Å²) in [5.41, 5.74) is 2.99. The second-order valence-electron chi connectivity index (χ2n) is 6.61. The monoisotopic (exact) mass is 317 g/mol. The first kappa shape index (κ1) is 13.4. The Bertz CT molecular complexity index is 1000. The number of fused-ring (bicyclic) bond motifs is 4. The Balaban J connectivity index is 1.95. The third-order valence-electron chi connectivity index (χ3n) is 3.97. The number of phenolic OH excluding ortho intramolecular Hbond substituents is 2. The highest BCUT2D eigenvalue weighted by atomic mass is 35.5. The van der Waals surface area contributed by atoms with Gasteiger partial charge in [0, 0.05) is 16.7 Å². The highest BCUT2D eigenvalue weighted by Crippen LogP contribution is 2.40. The lowest BCUT2D eigenvalue weighted by Gasteiger charge is -2.21. The van der Waals surface area contributed by atoms with E-state index in [1.54, 1.807) is 12.1 Å².